The molecule has 1 aliphatic carbocycles. The van der Waals surface area contributed by atoms with Crippen LogP contribution in [-0.2, 0) is 10.0 Å². The van der Waals surface area contributed by atoms with E-state index in [2.05, 4.69) is 4.72 Å². The number of aromatic hydroxyl groups is 1. The van der Waals surface area contributed by atoms with Gasteiger partial charge in [-0.05, 0) is 55.9 Å². The molecule has 4 nitrogen and oxygen atoms in total. The summed E-state index contributed by atoms with van der Waals surface area (Å²) < 4.78 is 26.2. The van der Waals surface area contributed by atoms with Gasteiger partial charge in [-0.1, -0.05) is 0 Å². The second kappa shape index (κ2) is 4.22. The Balaban J connectivity index is 2.20. The van der Waals surface area contributed by atoms with E-state index < -0.39 is 10.0 Å². The van der Waals surface area contributed by atoms with Crippen molar-refractivity contribution in [3.8, 4) is 5.75 Å². The first-order valence-electron chi connectivity index (χ1n) is 5.68. The number of nitrogens with one attached hydrogen (secondary N) is 1. The number of sulfonamides is 1. The number of phenolic OH excluding ortho intramolecular Hbond substituents is 1. The summed E-state index contributed by atoms with van der Waals surface area (Å²) in [6, 6.07) is 3.24. The van der Waals surface area contributed by atoms with Crippen molar-refractivity contribution < 1.29 is 13.5 Å². The molecule has 2 rings (SSSR count). The van der Waals surface area contributed by atoms with Gasteiger partial charge in [0.05, 0.1) is 11.4 Å². The van der Waals surface area contributed by atoms with Gasteiger partial charge in [0.25, 0.3) is 0 Å². The minimum atomic E-state index is -3.26. The zero-order valence-electron chi connectivity index (χ0n) is 10.0. The second-order valence-electron chi connectivity index (χ2n) is 4.78. The van der Waals surface area contributed by atoms with Crippen molar-refractivity contribution in [3.63, 3.8) is 0 Å². The Labute approximate surface area is 102 Å². The fraction of sp³-hybridized carbons (Fsp3) is 0.500. The maximum Gasteiger partial charge on any atom is 0.233 e. The first kappa shape index (κ1) is 12.2. The average molecular weight is 255 g/mol. The molecule has 2 N–H and O–H groups in total. The quantitative estimate of drug-likeness (QED) is 0.810. The summed E-state index contributed by atoms with van der Waals surface area (Å²) in [6.45, 7) is 3.52. The SMILES string of the molecule is Cc1cc(NS(=O)(=O)CC2CC2)c(C)cc1O. The predicted molar refractivity (Wildman–Crippen MR) is 67.7 cm³/mol. The van der Waals surface area contributed by atoms with Crippen LogP contribution in [0.3, 0.4) is 0 Å². The average Bonchev–Trinajstić information content (AvgIpc) is 2.96. The molecule has 1 aromatic carbocycles. The third-order valence-electron chi connectivity index (χ3n) is 2.96. The van der Waals surface area contributed by atoms with Gasteiger partial charge < -0.3 is 5.11 Å². The van der Waals surface area contributed by atoms with E-state index in [1.54, 1.807) is 26.0 Å². The lowest BCUT2D eigenvalue weighted by atomic mass is 10.1. The molecule has 0 amide bonds. The Morgan fingerprint density at radius 3 is 2.53 bits per heavy atom. The summed E-state index contributed by atoms with van der Waals surface area (Å²) >= 11 is 0. The lowest BCUT2D eigenvalue weighted by Crippen LogP contribution is -2.18. The van der Waals surface area contributed by atoms with Crippen LogP contribution in [0.5, 0.6) is 5.75 Å². The molecule has 0 aromatic heterocycles. The predicted octanol–water partition coefficient (Wildman–Crippen LogP) is 2.16. The zero-order chi connectivity index (χ0) is 12.6. The Kier molecular flexibility index (Phi) is 3.03. The summed E-state index contributed by atoms with van der Waals surface area (Å²) in [7, 11) is -3.26. The highest BCUT2D eigenvalue weighted by molar-refractivity contribution is 7.92. The molecule has 0 radical (unpaired) electrons. The maximum atomic E-state index is 11.8. The fourth-order valence-electron chi connectivity index (χ4n) is 1.71. The van der Waals surface area contributed by atoms with Gasteiger partial charge in [0.1, 0.15) is 5.75 Å². The zero-order valence-corrected chi connectivity index (χ0v) is 10.8. The van der Waals surface area contributed by atoms with Crippen molar-refractivity contribution in [2.24, 2.45) is 5.92 Å². The molecule has 0 bridgehead atoms. The standard InChI is InChI=1S/C12H17NO3S/c1-8-6-12(14)9(2)5-11(8)13-17(15,16)7-10-3-4-10/h5-6,10,13-14H,3-4,7H2,1-2H3. The lowest BCUT2D eigenvalue weighted by molar-refractivity contribution is 0.471. The first-order chi connectivity index (χ1) is 7.87. The monoisotopic (exact) mass is 255 g/mol. The number of rotatable bonds is 4. The smallest absolute Gasteiger partial charge is 0.233 e. The number of anilines is 1. The number of hydrogen-bond donors (Lipinski definition) is 2. The molecule has 1 fully saturated rings. The molecular weight excluding hydrogens is 238 g/mol. The molecule has 1 aromatic rings. The van der Waals surface area contributed by atoms with Gasteiger partial charge in [-0.2, -0.15) is 0 Å². The molecule has 0 saturated heterocycles. The molecule has 0 unspecified atom stereocenters. The van der Waals surface area contributed by atoms with Crippen molar-refractivity contribution in [2.75, 3.05) is 10.5 Å². The van der Waals surface area contributed by atoms with Crippen LogP contribution in [-0.4, -0.2) is 19.3 Å². The van der Waals surface area contributed by atoms with Crippen molar-refractivity contribution in [3.05, 3.63) is 23.3 Å². The van der Waals surface area contributed by atoms with E-state index in [0.717, 1.165) is 18.4 Å². The van der Waals surface area contributed by atoms with Crippen molar-refractivity contribution >= 4 is 15.7 Å². The van der Waals surface area contributed by atoms with E-state index in [1.165, 1.54) is 0 Å². The van der Waals surface area contributed by atoms with E-state index in [4.69, 9.17) is 0 Å². The van der Waals surface area contributed by atoms with E-state index >= 15 is 0 Å². The molecule has 0 aliphatic heterocycles. The minimum Gasteiger partial charge on any atom is -0.508 e. The van der Waals surface area contributed by atoms with Crippen LogP contribution >= 0.6 is 0 Å². The van der Waals surface area contributed by atoms with E-state index in [1.807, 2.05) is 0 Å². The van der Waals surface area contributed by atoms with Crippen LogP contribution in [0, 0.1) is 19.8 Å². The van der Waals surface area contributed by atoms with Gasteiger partial charge >= 0.3 is 0 Å². The molecule has 1 aliphatic rings. The second-order valence-corrected chi connectivity index (χ2v) is 6.55. The highest BCUT2D eigenvalue weighted by Crippen LogP contribution is 2.31. The lowest BCUT2D eigenvalue weighted by Gasteiger charge is -2.12. The van der Waals surface area contributed by atoms with E-state index in [9.17, 15) is 13.5 Å². The third-order valence-corrected chi connectivity index (χ3v) is 4.40. The van der Waals surface area contributed by atoms with Crippen molar-refractivity contribution in [1.82, 2.24) is 0 Å². The number of aryl methyl sites for hydroxylation is 2. The normalized spacial score (nSPS) is 15.9. The Morgan fingerprint density at radius 2 is 1.94 bits per heavy atom. The first-order valence-corrected chi connectivity index (χ1v) is 7.33. The topological polar surface area (TPSA) is 66.4 Å². The minimum absolute atomic E-state index is 0.188. The van der Waals surface area contributed by atoms with E-state index in [0.29, 0.717) is 17.2 Å². The van der Waals surface area contributed by atoms with Crippen molar-refractivity contribution in [2.45, 2.75) is 26.7 Å². The summed E-state index contributed by atoms with van der Waals surface area (Å²) in [5.41, 5.74) is 1.95. The van der Waals surface area contributed by atoms with Gasteiger partial charge in [-0.15, -0.1) is 0 Å². The van der Waals surface area contributed by atoms with Crippen LogP contribution in [0.15, 0.2) is 12.1 Å². The van der Waals surface area contributed by atoms with E-state index in [-0.39, 0.29) is 11.5 Å². The van der Waals surface area contributed by atoms with Gasteiger partial charge in [0, 0.05) is 0 Å². The molecule has 5 heteroatoms. The van der Waals surface area contributed by atoms with Crippen LogP contribution in [0.2, 0.25) is 0 Å². The largest absolute Gasteiger partial charge is 0.508 e. The summed E-state index contributed by atoms with van der Waals surface area (Å²) in [6.07, 6.45) is 2.02. The number of phenols is 1. The van der Waals surface area contributed by atoms with Gasteiger partial charge in [0.15, 0.2) is 0 Å². The van der Waals surface area contributed by atoms with Crippen LogP contribution < -0.4 is 4.72 Å². The molecular formula is C12H17NO3S. The van der Waals surface area contributed by atoms with Crippen molar-refractivity contribution in [1.29, 1.82) is 0 Å². The maximum absolute atomic E-state index is 11.8. The summed E-state index contributed by atoms with van der Waals surface area (Å²) in [4.78, 5) is 0. The van der Waals surface area contributed by atoms with Crippen LogP contribution in [0.4, 0.5) is 5.69 Å². The van der Waals surface area contributed by atoms with Crippen LogP contribution in [0.25, 0.3) is 0 Å². The fourth-order valence-corrected chi connectivity index (χ4v) is 3.31. The Morgan fingerprint density at radius 1 is 1.29 bits per heavy atom. The molecule has 0 atom stereocenters. The molecule has 17 heavy (non-hydrogen) atoms. The number of hydrogen-bond acceptors (Lipinski definition) is 3. The Hall–Kier alpha value is -1.23. The highest BCUT2D eigenvalue weighted by Gasteiger charge is 2.28. The molecule has 1 saturated carbocycles. The van der Waals surface area contributed by atoms with Crippen LogP contribution in [0.1, 0.15) is 24.0 Å². The van der Waals surface area contributed by atoms with Gasteiger partial charge in [-0.25, -0.2) is 8.42 Å². The third kappa shape index (κ3) is 3.12. The van der Waals surface area contributed by atoms with Gasteiger partial charge in [0.2, 0.25) is 10.0 Å². The summed E-state index contributed by atoms with van der Waals surface area (Å²) in [5.74, 6) is 0.713. The molecule has 0 heterocycles. The van der Waals surface area contributed by atoms with Gasteiger partial charge in [-0.3, -0.25) is 4.72 Å². The highest BCUT2D eigenvalue weighted by atomic mass is 32.2. The summed E-state index contributed by atoms with van der Waals surface area (Å²) in [5, 5.41) is 9.50. The number of benzene rings is 1. The molecule has 94 valence electrons. The molecule has 0 spiro atoms. The Bertz CT molecular complexity index is 533.